The Morgan fingerprint density at radius 3 is 2.41 bits per heavy atom. The molecule has 1 aromatic rings. The maximum Gasteiger partial charge on any atom is 0.248 e. The highest BCUT2D eigenvalue weighted by Gasteiger charge is 2.47. The fraction of sp³-hybridized carbons (Fsp3) is 0.438. The lowest BCUT2D eigenvalue weighted by atomic mass is 9.91. The molecule has 2 fully saturated rings. The van der Waals surface area contributed by atoms with Crippen molar-refractivity contribution in [3.63, 3.8) is 0 Å². The zero-order valence-electron chi connectivity index (χ0n) is 12.2. The van der Waals surface area contributed by atoms with Crippen LogP contribution in [-0.2, 0) is 16.0 Å². The Kier molecular flexibility index (Phi) is 3.60. The molecule has 1 saturated heterocycles. The number of amides is 3. The zero-order valence-corrected chi connectivity index (χ0v) is 12.2. The molecule has 1 atom stereocenters. The summed E-state index contributed by atoms with van der Waals surface area (Å²) in [7, 11) is 0. The lowest BCUT2D eigenvalue weighted by Crippen LogP contribution is -2.68. The molecule has 1 spiro atoms. The Morgan fingerprint density at radius 1 is 1.18 bits per heavy atom. The van der Waals surface area contributed by atoms with Crippen molar-refractivity contribution in [1.29, 1.82) is 0 Å². The highest BCUT2D eigenvalue weighted by molar-refractivity contribution is 6.00. The summed E-state index contributed by atoms with van der Waals surface area (Å²) >= 11 is 0. The van der Waals surface area contributed by atoms with Crippen LogP contribution in [0.4, 0.5) is 0 Å². The van der Waals surface area contributed by atoms with E-state index in [-0.39, 0.29) is 11.8 Å². The van der Waals surface area contributed by atoms with Gasteiger partial charge >= 0.3 is 0 Å². The number of carbonyl (C=O) groups is 3. The van der Waals surface area contributed by atoms with Crippen LogP contribution in [0.2, 0.25) is 0 Å². The van der Waals surface area contributed by atoms with Gasteiger partial charge in [0.25, 0.3) is 0 Å². The predicted molar refractivity (Wildman–Crippen MR) is 79.9 cm³/mol. The van der Waals surface area contributed by atoms with E-state index in [4.69, 9.17) is 5.73 Å². The van der Waals surface area contributed by atoms with Gasteiger partial charge in [-0.2, -0.15) is 0 Å². The minimum atomic E-state index is -0.691. The molecule has 116 valence electrons. The standard InChI is InChI=1S/C16H19N3O3/c17-13(20)11-5-3-10(4-6-11)9-12-14(21)19-16(15(22)18-12)7-1-2-8-16/h3-6,12H,1-2,7-9H2,(H2,17,20)(H,18,22)(H,19,21). The molecule has 3 rings (SSSR count). The van der Waals surface area contributed by atoms with Crippen molar-refractivity contribution in [1.82, 2.24) is 10.6 Å². The van der Waals surface area contributed by atoms with Crippen LogP contribution in [0.15, 0.2) is 24.3 Å². The normalized spacial score (nSPS) is 23.2. The van der Waals surface area contributed by atoms with Crippen molar-refractivity contribution >= 4 is 17.7 Å². The first-order valence-corrected chi connectivity index (χ1v) is 7.52. The summed E-state index contributed by atoms with van der Waals surface area (Å²) in [6, 6.07) is 6.18. The number of benzene rings is 1. The molecule has 3 amide bonds. The highest BCUT2D eigenvalue weighted by Crippen LogP contribution is 2.31. The smallest absolute Gasteiger partial charge is 0.248 e. The lowest BCUT2D eigenvalue weighted by Gasteiger charge is -2.37. The van der Waals surface area contributed by atoms with Crippen LogP contribution in [0.5, 0.6) is 0 Å². The summed E-state index contributed by atoms with van der Waals surface area (Å²) < 4.78 is 0. The summed E-state index contributed by atoms with van der Waals surface area (Å²) in [4.78, 5) is 35.6. The van der Waals surface area contributed by atoms with Gasteiger partial charge < -0.3 is 16.4 Å². The van der Waals surface area contributed by atoms with Crippen molar-refractivity contribution < 1.29 is 14.4 Å². The van der Waals surface area contributed by atoms with Crippen LogP contribution in [0, 0.1) is 0 Å². The Hall–Kier alpha value is -2.37. The Bertz CT molecular complexity index is 618. The van der Waals surface area contributed by atoms with E-state index >= 15 is 0 Å². The van der Waals surface area contributed by atoms with E-state index in [1.54, 1.807) is 24.3 Å². The zero-order chi connectivity index (χ0) is 15.7. The minimum Gasteiger partial charge on any atom is -0.366 e. The van der Waals surface area contributed by atoms with Crippen LogP contribution in [0.3, 0.4) is 0 Å². The summed E-state index contributed by atoms with van der Waals surface area (Å²) in [5, 5.41) is 5.76. The van der Waals surface area contributed by atoms with Gasteiger partial charge in [-0.25, -0.2) is 0 Å². The van der Waals surface area contributed by atoms with E-state index in [0.717, 1.165) is 18.4 Å². The Labute approximate surface area is 128 Å². The van der Waals surface area contributed by atoms with Crippen molar-refractivity contribution in [2.24, 2.45) is 5.73 Å². The number of hydrogen-bond donors (Lipinski definition) is 3. The van der Waals surface area contributed by atoms with Crippen LogP contribution in [-0.4, -0.2) is 29.3 Å². The maximum absolute atomic E-state index is 12.3. The number of nitrogens with one attached hydrogen (secondary N) is 2. The molecule has 6 nitrogen and oxygen atoms in total. The number of primary amides is 1. The van der Waals surface area contributed by atoms with Gasteiger partial charge in [0.15, 0.2) is 0 Å². The summed E-state index contributed by atoms with van der Waals surface area (Å²) in [5.41, 5.74) is 5.79. The van der Waals surface area contributed by atoms with Gasteiger partial charge in [0.1, 0.15) is 11.6 Å². The third-order valence-electron chi connectivity index (χ3n) is 4.55. The van der Waals surface area contributed by atoms with Gasteiger partial charge in [0.05, 0.1) is 0 Å². The van der Waals surface area contributed by atoms with Gasteiger partial charge in [0, 0.05) is 12.0 Å². The number of carbonyl (C=O) groups excluding carboxylic acids is 3. The van der Waals surface area contributed by atoms with Crippen LogP contribution < -0.4 is 16.4 Å². The maximum atomic E-state index is 12.3. The average molecular weight is 301 g/mol. The molecule has 1 unspecified atom stereocenters. The van der Waals surface area contributed by atoms with Crippen molar-refractivity contribution in [2.45, 2.75) is 43.7 Å². The third-order valence-corrected chi connectivity index (χ3v) is 4.55. The summed E-state index contributed by atoms with van der Waals surface area (Å²) in [6.07, 6.45) is 3.75. The Morgan fingerprint density at radius 2 is 1.82 bits per heavy atom. The van der Waals surface area contributed by atoms with Gasteiger partial charge in [-0.3, -0.25) is 14.4 Å². The van der Waals surface area contributed by atoms with E-state index in [9.17, 15) is 14.4 Å². The van der Waals surface area contributed by atoms with Gasteiger partial charge in [0.2, 0.25) is 17.7 Å². The second-order valence-corrected chi connectivity index (χ2v) is 6.07. The predicted octanol–water partition coefficient (Wildman–Crippen LogP) is 0.255. The van der Waals surface area contributed by atoms with Crippen LogP contribution in [0.25, 0.3) is 0 Å². The van der Waals surface area contributed by atoms with Gasteiger partial charge in [-0.05, 0) is 30.5 Å². The Balaban J connectivity index is 1.69. The largest absolute Gasteiger partial charge is 0.366 e. The second-order valence-electron chi connectivity index (χ2n) is 6.07. The average Bonchev–Trinajstić information content (AvgIpc) is 2.95. The first-order chi connectivity index (χ1) is 10.5. The minimum absolute atomic E-state index is 0.0802. The number of rotatable bonds is 3. The van der Waals surface area contributed by atoms with Crippen LogP contribution >= 0.6 is 0 Å². The quantitative estimate of drug-likeness (QED) is 0.746. The fourth-order valence-electron chi connectivity index (χ4n) is 3.26. The highest BCUT2D eigenvalue weighted by atomic mass is 16.2. The summed E-state index contributed by atoms with van der Waals surface area (Å²) in [6.45, 7) is 0. The molecule has 1 aromatic carbocycles. The molecular weight excluding hydrogens is 282 g/mol. The SMILES string of the molecule is NC(=O)c1ccc(CC2NC(=O)C3(CCCC3)NC2=O)cc1. The van der Waals surface area contributed by atoms with E-state index in [1.807, 2.05) is 0 Å². The fourth-order valence-corrected chi connectivity index (χ4v) is 3.26. The number of nitrogens with two attached hydrogens (primary N) is 1. The topological polar surface area (TPSA) is 101 Å². The molecule has 1 aliphatic heterocycles. The van der Waals surface area contributed by atoms with E-state index in [1.165, 1.54) is 0 Å². The molecule has 22 heavy (non-hydrogen) atoms. The van der Waals surface area contributed by atoms with Gasteiger partial charge in [-0.15, -0.1) is 0 Å². The monoisotopic (exact) mass is 301 g/mol. The second kappa shape index (κ2) is 5.44. The molecule has 2 aliphatic rings. The third kappa shape index (κ3) is 2.56. The molecule has 0 bridgehead atoms. The van der Waals surface area contributed by atoms with Crippen molar-refractivity contribution in [3.05, 3.63) is 35.4 Å². The molecule has 4 N–H and O–H groups in total. The van der Waals surface area contributed by atoms with Gasteiger partial charge in [-0.1, -0.05) is 25.0 Å². The first kappa shape index (κ1) is 14.6. The molecule has 1 heterocycles. The van der Waals surface area contributed by atoms with E-state index < -0.39 is 17.5 Å². The molecule has 6 heteroatoms. The number of piperazine rings is 1. The first-order valence-electron chi connectivity index (χ1n) is 7.52. The number of hydrogen-bond acceptors (Lipinski definition) is 3. The molecular formula is C16H19N3O3. The van der Waals surface area contributed by atoms with Crippen molar-refractivity contribution in [2.75, 3.05) is 0 Å². The molecule has 0 aromatic heterocycles. The van der Waals surface area contributed by atoms with E-state index in [2.05, 4.69) is 10.6 Å². The van der Waals surface area contributed by atoms with E-state index in [0.29, 0.717) is 24.8 Å². The summed E-state index contributed by atoms with van der Waals surface area (Å²) in [5.74, 6) is -0.706. The van der Waals surface area contributed by atoms with Crippen molar-refractivity contribution in [3.8, 4) is 0 Å². The van der Waals surface area contributed by atoms with Crippen LogP contribution in [0.1, 0.15) is 41.6 Å². The molecule has 1 aliphatic carbocycles. The lowest BCUT2D eigenvalue weighted by molar-refractivity contribution is -0.141. The molecule has 0 radical (unpaired) electrons. The molecule has 1 saturated carbocycles.